The normalized spacial score (nSPS) is 9.86. The molecule has 1 rings (SSSR count). The average Bonchev–Trinajstić information content (AvgIpc) is 2.07. The Morgan fingerprint density at radius 2 is 2.21 bits per heavy atom. The smallest absolute Gasteiger partial charge is 0.274 e. The van der Waals surface area contributed by atoms with Gasteiger partial charge < -0.3 is 0 Å². The first kappa shape index (κ1) is 10.8. The molecular formula is C9H8BrNO3. The van der Waals surface area contributed by atoms with Gasteiger partial charge in [0.05, 0.1) is 4.92 Å². The van der Waals surface area contributed by atoms with Gasteiger partial charge in [0.1, 0.15) is 5.78 Å². The molecule has 14 heavy (non-hydrogen) atoms. The molecule has 0 atom stereocenters. The van der Waals surface area contributed by atoms with E-state index in [1.54, 1.807) is 12.1 Å². The van der Waals surface area contributed by atoms with Crippen LogP contribution in [0.2, 0.25) is 0 Å². The fourth-order valence-corrected chi connectivity index (χ4v) is 1.47. The number of nitro groups is 1. The molecule has 5 heteroatoms. The maximum Gasteiger partial charge on any atom is 0.274 e. The van der Waals surface area contributed by atoms with Crippen LogP contribution in [-0.2, 0) is 11.2 Å². The van der Waals surface area contributed by atoms with Crippen molar-refractivity contribution in [3.63, 3.8) is 0 Å². The predicted octanol–water partition coefficient (Wildman–Crippen LogP) is 2.49. The molecule has 1 aromatic rings. The van der Waals surface area contributed by atoms with E-state index in [-0.39, 0.29) is 17.9 Å². The van der Waals surface area contributed by atoms with Gasteiger partial charge in [-0.3, -0.25) is 14.9 Å². The summed E-state index contributed by atoms with van der Waals surface area (Å²) in [4.78, 5) is 21.0. The Morgan fingerprint density at radius 1 is 1.57 bits per heavy atom. The van der Waals surface area contributed by atoms with Crippen LogP contribution >= 0.6 is 15.9 Å². The number of hydrogen-bond acceptors (Lipinski definition) is 3. The number of rotatable bonds is 3. The van der Waals surface area contributed by atoms with Gasteiger partial charge in [0, 0.05) is 22.5 Å². The first-order valence-electron chi connectivity index (χ1n) is 3.93. The topological polar surface area (TPSA) is 60.2 Å². The molecule has 0 saturated carbocycles. The highest BCUT2D eigenvalue weighted by Crippen LogP contribution is 2.23. The summed E-state index contributed by atoms with van der Waals surface area (Å²) in [5.41, 5.74) is 0.431. The van der Waals surface area contributed by atoms with Crippen molar-refractivity contribution in [3.8, 4) is 0 Å². The maximum atomic E-state index is 10.8. The minimum absolute atomic E-state index is 0.0189. The van der Waals surface area contributed by atoms with Crippen molar-refractivity contribution in [3.05, 3.63) is 38.3 Å². The lowest BCUT2D eigenvalue weighted by Crippen LogP contribution is -2.01. The van der Waals surface area contributed by atoms with Gasteiger partial charge in [-0.1, -0.05) is 22.0 Å². The molecule has 1 aromatic carbocycles. The number of carbonyl (C=O) groups is 1. The van der Waals surface area contributed by atoms with E-state index in [4.69, 9.17) is 0 Å². The second kappa shape index (κ2) is 4.32. The Morgan fingerprint density at radius 3 is 2.71 bits per heavy atom. The van der Waals surface area contributed by atoms with Crippen LogP contribution in [-0.4, -0.2) is 10.7 Å². The predicted molar refractivity (Wildman–Crippen MR) is 55.2 cm³/mol. The Kier molecular flexibility index (Phi) is 3.35. The molecule has 0 amide bonds. The molecule has 0 saturated heterocycles. The summed E-state index contributed by atoms with van der Waals surface area (Å²) in [6, 6.07) is 4.67. The summed E-state index contributed by atoms with van der Waals surface area (Å²) in [6.07, 6.45) is 0.101. The van der Waals surface area contributed by atoms with Gasteiger partial charge in [0.15, 0.2) is 0 Å². The molecule has 0 N–H and O–H groups in total. The molecule has 0 heterocycles. The van der Waals surface area contributed by atoms with Crippen molar-refractivity contribution in [2.75, 3.05) is 0 Å². The van der Waals surface area contributed by atoms with Crippen LogP contribution in [0.4, 0.5) is 5.69 Å². The van der Waals surface area contributed by atoms with Crippen LogP contribution in [0, 0.1) is 10.1 Å². The van der Waals surface area contributed by atoms with Gasteiger partial charge in [-0.2, -0.15) is 0 Å². The molecule has 0 aliphatic heterocycles. The van der Waals surface area contributed by atoms with E-state index in [1.807, 2.05) is 0 Å². The van der Waals surface area contributed by atoms with Crippen LogP contribution < -0.4 is 0 Å². The lowest BCUT2D eigenvalue weighted by Gasteiger charge is -2.00. The minimum atomic E-state index is -0.483. The van der Waals surface area contributed by atoms with Gasteiger partial charge in [0.2, 0.25) is 0 Å². The standard InChI is InChI=1S/C9H8BrNO3/c1-6(12)4-7-2-3-8(10)5-9(7)11(13)14/h2-3,5H,4H2,1H3. The number of nitro benzene ring substituents is 1. The van der Waals surface area contributed by atoms with Crippen molar-refractivity contribution in [1.82, 2.24) is 0 Å². The van der Waals surface area contributed by atoms with Gasteiger partial charge in [-0.25, -0.2) is 0 Å². The third kappa shape index (κ3) is 2.63. The molecule has 0 aromatic heterocycles. The molecule has 0 aliphatic carbocycles. The molecular weight excluding hydrogens is 250 g/mol. The van der Waals surface area contributed by atoms with Gasteiger partial charge in [-0.15, -0.1) is 0 Å². The van der Waals surface area contributed by atoms with Crippen molar-refractivity contribution >= 4 is 27.4 Å². The molecule has 74 valence electrons. The average molecular weight is 258 g/mol. The fraction of sp³-hybridized carbons (Fsp3) is 0.222. The van der Waals surface area contributed by atoms with Crippen molar-refractivity contribution < 1.29 is 9.72 Å². The van der Waals surface area contributed by atoms with E-state index in [0.717, 1.165) is 0 Å². The molecule has 0 aliphatic rings. The molecule has 4 nitrogen and oxygen atoms in total. The number of hydrogen-bond donors (Lipinski definition) is 0. The maximum absolute atomic E-state index is 10.8. The number of nitrogens with zero attached hydrogens (tertiary/aromatic N) is 1. The van der Waals surface area contributed by atoms with Crippen LogP contribution in [0.1, 0.15) is 12.5 Å². The zero-order valence-electron chi connectivity index (χ0n) is 7.49. The number of carbonyl (C=O) groups excluding carboxylic acids is 1. The number of ketones is 1. The van der Waals surface area contributed by atoms with E-state index in [9.17, 15) is 14.9 Å². The number of halogens is 1. The molecule has 0 unspecified atom stereocenters. The zero-order valence-corrected chi connectivity index (χ0v) is 9.08. The Bertz CT molecular complexity index is 390. The third-order valence-corrected chi connectivity index (χ3v) is 2.18. The van der Waals surface area contributed by atoms with Crippen LogP contribution in [0.15, 0.2) is 22.7 Å². The first-order valence-corrected chi connectivity index (χ1v) is 4.72. The Labute approximate surface area is 89.2 Å². The Hall–Kier alpha value is -1.23. The highest BCUT2D eigenvalue weighted by Gasteiger charge is 2.14. The van der Waals surface area contributed by atoms with Gasteiger partial charge in [0.25, 0.3) is 5.69 Å². The summed E-state index contributed by atoms with van der Waals surface area (Å²) in [7, 11) is 0. The summed E-state index contributed by atoms with van der Waals surface area (Å²) >= 11 is 3.14. The van der Waals surface area contributed by atoms with Gasteiger partial charge >= 0.3 is 0 Å². The third-order valence-electron chi connectivity index (χ3n) is 1.68. The van der Waals surface area contributed by atoms with Gasteiger partial charge in [-0.05, 0) is 13.0 Å². The largest absolute Gasteiger partial charge is 0.300 e. The highest BCUT2D eigenvalue weighted by atomic mass is 79.9. The van der Waals surface area contributed by atoms with E-state index >= 15 is 0 Å². The summed E-state index contributed by atoms with van der Waals surface area (Å²) < 4.78 is 0.636. The van der Waals surface area contributed by atoms with Crippen LogP contribution in [0.3, 0.4) is 0 Å². The molecule has 0 fully saturated rings. The molecule has 0 bridgehead atoms. The first-order chi connectivity index (χ1) is 6.50. The summed E-state index contributed by atoms with van der Waals surface area (Å²) in [6.45, 7) is 1.41. The van der Waals surface area contributed by atoms with Crippen molar-refractivity contribution in [2.24, 2.45) is 0 Å². The van der Waals surface area contributed by atoms with E-state index in [1.165, 1.54) is 13.0 Å². The second-order valence-corrected chi connectivity index (χ2v) is 3.82. The fourth-order valence-electron chi connectivity index (χ4n) is 1.12. The van der Waals surface area contributed by atoms with E-state index in [0.29, 0.717) is 10.0 Å². The highest BCUT2D eigenvalue weighted by molar-refractivity contribution is 9.10. The minimum Gasteiger partial charge on any atom is -0.300 e. The summed E-state index contributed by atoms with van der Waals surface area (Å²) in [5.74, 6) is -0.0876. The quantitative estimate of drug-likeness (QED) is 0.618. The lowest BCUT2D eigenvalue weighted by molar-refractivity contribution is -0.385. The van der Waals surface area contributed by atoms with Crippen LogP contribution in [0.25, 0.3) is 0 Å². The van der Waals surface area contributed by atoms with Crippen LogP contribution in [0.5, 0.6) is 0 Å². The zero-order chi connectivity index (χ0) is 10.7. The molecule has 0 radical (unpaired) electrons. The lowest BCUT2D eigenvalue weighted by atomic mass is 10.1. The monoisotopic (exact) mass is 257 g/mol. The number of benzene rings is 1. The van der Waals surface area contributed by atoms with Crippen molar-refractivity contribution in [2.45, 2.75) is 13.3 Å². The molecule has 0 spiro atoms. The van der Waals surface area contributed by atoms with E-state index < -0.39 is 4.92 Å². The van der Waals surface area contributed by atoms with Crippen molar-refractivity contribution in [1.29, 1.82) is 0 Å². The SMILES string of the molecule is CC(=O)Cc1ccc(Br)cc1[N+](=O)[O-]. The second-order valence-electron chi connectivity index (χ2n) is 2.91. The Balaban J connectivity index is 3.14. The summed E-state index contributed by atoms with van der Waals surface area (Å²) in [5, 5.41) is 10.6. The number of Topliss-reactive ketones (excluding diaryl/α,β-unsaturated/α-hetero) is 1. The van der Waals surface area contributed by atoms with E-state index in [2.05, 4.69) is 15.9 Å².